The van der Waals surface area contributed by atoms with Crippen molar-refractivity contribution in [1.29, 1.82) is 0 Å². The summed E-state index contributed by atoms with van der Waals surface area (Å²) in [6.07, 6.45) is -5.68. The predicted molar refractivity (Wildman–Crippen MR) is 80.9 cm³/mol. The molecular formula is C16H13F6N5O. The number of halogens is 6. The van der Waals surface area contributed by atoms with E-state index >= 15 is 0 Å². The monoisotopic (exact) mass is 405 g/mol. The lowest BCUT2D eigenvalue weighted by atomic mass is 9.98. The van der Waals surface area contributed by atoms with Gasteiger partial charge >= 0.3 is 6.18 Å². The lowest BCUT2D eigenvalue weighted by Gasteiger charge is -2.43. The maximum atomic E-state index is 13.9. The Bertz CT molecular complexity index is 942. The Balaban J connectivity index is 1.56. The molecule has 2 atom stereocenters. The van der Waals surface area contributed by atoms with Crippen LogP contribution < -0.4 is 5.32 Å². The van der Waals surface area contributed by atoms with E-state index in [4.69, 9.17) is 0 Å². The van der Waals surface area contributed by atoms with Gasteiger partial charge in [0.25, 0.3) is 0 Å². The first kappa shape index (κ1) is 18.7. The molecule has 1 aromatic carbocycles. The number of carbonyl (C=O) groups is 1. The summed E-state index contributed by atoms with van der Waals surface area (Å²) < 4.78 is 80.4. The molecule has 0 aliphatic carbocycles. The Labute approximate surface area is 154 Å². The van der Waals surface area contributed by atoms with Crippen LogP contribution in [-0.2, 0) is 30.5 Å². The molecule has 1 N–H and O–H groups in total. The van der Waals surface area contributed by atoms with Crippen molar-refractivity contribution < 1.29 is 31.1 Å². The van der Waals surface area contributed by atoms with Gasteiger partial charge in [0.05, 0.1) is 13.1 Å². The normalized spacial score (nSPS) is 22.2. The van der Waals surface area contributed by atoms with E-state index in [0.717, 1.165) is 4.57 Å². The van der Waals surface area contributed by atoms with Crippen LogP contribution in [0.1, 0.15) is 23.6 Å². The first-order chi connectivity index (χ1) is 13.1. The second-order valence-corrected chi connectivity index (χ2v) is 6.72. The van der Waals surface area contributed by atoms with E-state index < -0.39 is 41.7 Å². The third-order valence-corrected chi connectivity index (χ3v) is 4.85. The molecule has 1 saturated heterocycles. The Hall–Kier alpha value is -2.63. The third kappa shape index (κ3) is 3.21. The number of carbonyl (C=O) groups excluding carboxylic acids is 1. The molecule has 2 aliphatic heterocycles. The Kier molecular flexibility index (Phi) is 4.32. The maximum absolute atomic E-state index is 13.9. The number of hydrogen-bond donors (Lipinski definition) is 1. The van der Waals surface area contributed by atoms with E-state index in [1.54, 1.807) is 0 Å². The molecule has 2 aromatic rings. The Morgan fingerprint density at radius 1 is 1.11 bits per heavy atom. The zero-order valence-corrected chi connectivity index (χ0v) is 14.1. The van der Waals surface area contributed by atoms with Gasteiger partial charge in [-0.15, -0.1) is 10.2 Å². The summed E-state index contributed by atoms with van der Waals surface area (Å²) in [6, 6.07) is 0.478. The fraction of sp³-hybridized carbons (Fsp3) is 0.438. The molecule has 150 valence electrons. The zero-order valence-electron chi connectivity index (χ0n) is 14.1. The van der Waals surface area contributed by atoms with Gasteiger partial charge in [-0.25, -0.2) is 13.2 Å². The van der Waals surface area contributed by atoms with Crippen molar-refractivity contribution in [2.45, 2.75) is 44.3 Å². The van der Waals surface area contributed by atoms with Gasteiger partial charge in [-0.2, -0.15) is 13.2 Å². The van der Waals surface area contributed by atoms with Gasteiger partial charge in [0, 0.05) is 18.5 Å². The molecule has 2 aliphatic rings. The van der Waals surface area contributed by atoms with Crippen LogP contribution in [-0.4, -0.2) is 37.8 Å². The molecule has 0 bridgehead atoms. The van der Waals surface area contributed by atoms with Crippen molar-refractivity contribution in [3.63, 3.8) is 0 Å². The van der Waals surface area contributed by atoms with Gasteiger partial charge in [-0.3, -0.25) is 10.1 Å². The first-order valence-corrected chi connectivity index (χ1v) is 8.31. The second kappa shape index (κ2) is 6.47. The SMILES string of the molecule is O=C1C[C@@H](Cc2cc(F)c(F)cc2F)NC2Cn3c(nnc3C(F)(F)F)CN12. The van der Waals surface area contributed by atoms with Crippen LogP contribution in [0.2, 0.25) is 0 Å². The van der Waals surface area contributed by atoms with Crippen LogP contribution in [0.4, 0.5) is 26.3 Å². The van der Waals surface area contributed by atoms with E-state index in [1.807, 2.05) is 0 Å². The standard InChI is InChI=1S/C16H13F6N5O/c17-9-4-11(19)10(18)2-7(9)1-8-3-14(28)26-6-13-24-25-15(16(20,21)22)27(13)5-12(26)23-8/h2,4,8,12,23H,1,3,5-6H2/t8-,12?/m1/s1. The lowest BCUT2D eigenvalue weighted by molar-refractivity contribution is -0.150. The number of benzene rings is 1. The van der Waals surface area contributed by atoms with Crippen LogP contribution in [0.25, 0.3) is 0 Å². The number of amides is 1. The molecule has 3 heterocycles. The molecule has 0 spiro atoms. The molecule has 1 aromatic heterocycles. The van der Waals surface area contributed by atoms with Crippen LogP contribution in [0.5, 0.6) is 0 Å². The average molecular weight is 405 g/mol. The van der Waals surface area contributed by atoms with Crippen LogP contribution in [0.3, 0.4) is 0 Å². The molecule has 0 saturated carbocycles. The number of fused-ring (bicyclic) bond motifs is 2. The van der Waals surface area contributed by atoms with Crippen LogP contribution in [0, 0.1) is 17.5 Å². The minimum Gasteiger partial charge on any atom is -0.318 e. The fourth-order valence-electron chi connectivity index (χ4n) is 3.57. The highest BCUT2D eigenvalue weighted by atomic mass is 19.4. The van der Waals surface area contributed by atoms with E-state index in [1.165, 1.54) is 4.90 Å². The minimum absolute atomic E-state index is 0.0174. The molecule has 28 heavy (non-hydrogen) atoms. The van der Waals surface area contributed by atoms with E-state index in [-0.39, 0.29) is 43.2 Å². The second-order valence-electron chi connectivity index (χ2n) is 6.72. The van der Waals surface area contributed by atoms with Gasteiger partial charge in [-0.1, -0.05) is 0 Å². The van der Waals surface area contributed by atoms with E-state index in [2.05, 4.69) is 15.5 Å². The minimum atomic E-state index is -4.69. The lowest BCUT2D eigenvalue weighted by Crippen LogP contribution is -2.62. The van der Waals surface area contributed by atoms with E-state index in [9.17, 15) is 31.1 Å². The number of nitrogens with one attached hydrogen (secondary N) is 1. The van der Waals surface area contributed by atoms with Crippen molar-refractivity contribution in [2.75, 3.05) is 0 Å². The van der Waals surface area contributed by atoms with Crippen LogP contribution >= 0.6 is 0 Å². The summed E-state index contributed by atoms with van der Waals surface area (Å²) in [5.41, 5.74) is -0.130. The highest BCUT2D eigenvalue weighted by Gasteiger charge is 2.44. The van der Waals surface area contributed by atoms with Crippen molar-refractivity contribution in [2.24, 2.45) is 0 Å². The third-order valence-electron chi connectivity index (χ3n) is 4.85. The van der Waals surface area contributed by atoms with Gasteiger partial charge in [0.1, 0.15) is 12.0 Å². The molecule has 4 rings (SSSR count). The Morgan fingerprint density at radius 2 is 1.82 bits per heavy atom. The van der Waals surface area contributed by atoms with Crippen LogP contribution in [0.15, 0.2) is 12.1 Å². The molecule has 1 fully saturated rings. The fourth-order valence-corrected chi connectivity index (χ4v) is 3.57. The number of hydrogen-bond acceptors (Lipinski definition) is 4. The molecular weight excluding hydrogens is 392 g/mol. The average Bonchev–Trinajstić information content (AvgIpc) is 3.01. The summed E-state index contributed by atoms with van der Waals surface area (Å²) in [4.78, 5) is 13.8. The highest BCUT2D eigenvalue weighted by molar-refractivity contribution is 5.78. The van der Waals surface area contributed by atoms with Gasteiger partial charge in [0.15, 0.2) is 17.5 Å². The van der Waals surface area contributed by atoms with Crippen molar-refractivity contribution >= 4 is 5.91 Å². The molecule has 1 amide bonds. The smallest absolute Gasteiger partial charge is 0.318 e. The topological polar surface area (TPSA) is 63.1 Å². The van der Waals surface area contributed by atoms with Gasteiger partial charge in [-0.05, 0) is 18.1 Å². The first-order valence-electron chi connectivity index (χ1n) is 8.31. The summed E-state index contributed by atoms with van der Waals surface area (Å²) in [6.45, 7) is -0.383. The quantitative estimate of drug-likeness (QED) is 0.613. The van der Waals surface area contributed by atoms with Gasteiger partial charge < -0.3 is 9.47 Å². The number of aromatic nitrogens is 3. The molecule has 0 radical (unpaired) electrons. The largest absolute Gasteiger partial charge is 0.451 e. The summed E-state index contributed by atoms with van der Waals surface area (Å²) >= 11 is 0. The maximum Gasteiger partial charge on any atom is 0.451 e. The summed E-state index contributed by atoms with van der Waals surface area (Å²) in [7, 11) is 0. The molecule has 6 nitrogen and oxygen atoms in total. The van der Waals surface area contributed by atoms with Crippen molar-refractivity contribution in [1.82, 2.24) is 25.0 Å². The van der Waals surface area contributed by atoms with E-state index in [0.29, 0.717) is 12.1 Å². The zero-order chi connectivity index (χ0) is 20.2. The number of rotatable bonds is 2. The van der Waals surface area contributed by atoms with Crippen molar-refractivity contribution in [3.05, 3.63) is 46.8 Å². The Morgan fingerprint density at radius 3 is 2.54 bits per heavy atom. The van der Waals surface area contributed by atoms with Crippen molar-refractivity contribution in [3.8, 4) is 0 Å². The predicted octanol–water partition coefficient (Wildman–Crippen LogP) is 1.99. The molecule has 12 heteroatoms. The summed E-state index contributed by atoms with van der Waals surface area (Å²) in [5, 5.41) is 9.66. The highest BCUT2D eigenvalue weighted by Crippen LogP contribution is 2.31. The number of nitrogens with zero attached hydrogens (tertiary/aromatic N) is 4. The molecule has 1 unspecified atom stereocenters. The number of alkyl halides is 3. The van der Waals surface area contributed by atoms with Gasteiger partial charge in [0.2, 0.25) is 11.7 Å². The summed E-state index contributed by atoms with van der Waals surface area (Å²) in [5.74, 6) is -5.01.